The lowest BCUT2D eigenvalue weighted by molar-refractivity contribution is 1.45. The van der Waals surface area contributed by atoms with E-state index in [1.165, 1.54) is 0 Å². The average Bonchev–Trinajstić information content (AvgIpc) is 2.84. The number of hydrogen-bond acceptors (Lipinski definition) is 2. The summed E-state index contributed by atoms with van der Waals surface area (Å²) < 4.78 is 0. The summed E-state index contributed by atoms with van der Waals surface area (Å²) in [5.41, 5.74) is 14.0. The molecule has 0 aliphatic heterocycles. The minimum absolute atomic E-state index is 0.540. The average molecular weight is 419 g/mol. The second-order valence-corrected chi connectivity index (χ2v) is 7.93. The third-order valence-corrected chi connectivity index (χ3v) is 5.80. The van der Waals surface area contributed by atoms with Crippen LogP contribution in [0, 0.1) is 5.39 Å². The van der Waals surface area contributed by atoms with Crippen molar-refractivity contribution < 1.29 is 0 Å². The van der Waals surface area contributed by atoms with Gasteiger partial charge in [-0.25, -0.2) is 0 Å². The molecule has 2 aromatic rings. The van der Waals surface area contributed by atoms with Gasteiger partial charge in [-0.2, -0.15) is 0 Å². The van der Waals surface area contributed by atoms with E-state index in [1.807, 2.05) is 109 Å². The van der Waals surface area contributed by atoms with Gasteiger partial charge in [-0.05, 0) is 59.7 Å². The maximum Gasteiger partial charge on any atom is 0.399 e. The van der Waals surface area contributed by atoms with E-state index in [1.54, 1.807) is 10.9 Å². The summed E-state index contributed by atoms with van der Waals surface area (Å²) in [6.07, 6.45) is 15.8. The van der Waals surface area contributed by atoms with Crippen molar-refractivity contribution in [3.63, 3.8) is 0 Å². The first-order valence-corrected chi connectivity index (χ1v) is 10.5. The summed E-state index contributed by atoms with van der Waals surface area (Å²) in [7, 11) is 1.63. The van der Waals surface area contributed by atoms with Gasteiger partial charge in [0, 0.05) is 9.73 Å². The Morgan fingerprint density at radius 2 is 1.16 bits per heavy atom. The van der Waals surface area contributed by atoms with Gasteiger partial charge in [0.05, 0.1) is 16.8 Å². The van der Waals surface area contributed by atoms with Crippen molar-refractivity contribution in [3.8, 4) is 0 Å². The van der Waals surface area contributed by atoms with Gasteiger partial charge in [0.2, 0.25) is 5.39 Å². The van der Waals surface area contributed by atoms with Gasteiger partial charge in [-0.1, -0.05) is 60.7 Å². The molecular weight excluding hydrogens is 400 g/mol. The van der Waals surface area contributed by atoms with Crippen molar-refractivity contribution in [3.05, 3.63) is 142 Å². The molecule has 0 saturated heterocycles. The van der Waals surface area contributed by atoms with Crippen LogP contribution in [0.1, 0.15) is 11.1 Å². The monoisotopic (exact) mass is 418 g/mol. The molecule has 0 atom stereocenters. The summed E-state index contributed by atoms with van der Waals surface area (Å²) in [5.74, 6) is 0. The van der Waals surface area contributed by atoms with Crippen LogP contribution < -0.4 is 0 Å². The van der Waals surface area contributed by atoms with Crippen LogP contribution in [0.2, 0.25) is 0 Å². The first kappa shape index (κ1) is 20.1. The zero-order valence-electron chi connectivity index (χ0n) is 16.6. The number of hydrogen-bond donors (Lipinski definition) is 0. The number of nitrogens with zero attached hydrogens (tertiary/aromatic N) is 4. The molecular formula is C26H18N4S. The molecule has 0 bridgehead atoms. The van der Waals surface area contributed by atoms with E-state index in [-0.39, 0.29) is 0 Å². The zero-order chi connectivity index (χ0) is 21.5. The van der Waals surface area contributed by atoms with Crippen molar-refractivity contribution in [2.75, 3.05) is 0 Å². The number of rotatable bonds is 3. The van der Waals surface area contributed by atoms with Gasteiger partial charge in [-0.3, -0.25) is 0 Å². The van der Waals surface area contributed by atoms with Crippen LogP contribution in [0.15, 0.2) is 126 Å². The fraction of sp³-hybridized carbons (Fsp3) is 0. The molecule has 148 valence electrons. The summed E-state index contributed by atoms with van der Waals surface area (Å²) in [6.45, 7) is 0. The molecule has 0 unspecified atom stereocenters. The summed E-state index contributed by atoms with van der Waals surface area (Å²) >= 11 is 0. The van der Waals surface area contributed by atoms with Gasteiger partial charge >= 0.3 is 5.70 Å². The minimum atomic E-state index is 0.540. The summed E-state index contributed by atoms with van der Waals surface area (Å²) in [6, 6.07) is 19.2. The van der Waals surface area contributed by atoms with Gasteiger partial charge in [0.1, 0.15) is 0 Å². The maximum absolute atomic E-state index is 9.47. The molecule has 0 saturated carbocycles. The molecule has 2 aromatic carbocycles. The normalized spacial score (nSPS) is 14.4. The van der Waals surface area contributed by atoms with Crippen molar-refractivity contribution in [2.24, 2.45) is 5.11 Å². The van der Waals surface area contributed by atoms with Crippen LogP contribution >= 0.6 is 10.9 Å². The van der Waals surface area contributed by atoms with Crippen molar-refractivity contribution in [1.29, 1.82) is 5.39 Å². The Bertz CT molecular complexity index is 1270. The molecule has 31 heavy (non-hydrogen) atoms. The van der Waals surface area contributed by atoms with Crippen LogP contribution in [0.3, 0.4) is 0 Å². The third kappa shape index (κ3) is 4.72. The van der Waals surface area contributed by atoms with Crippen molar-refractivity contribution in [2.45, 2.75) is 0 Å². The van der Waals surface area contributed by atoms with Gasteiger partial charge in [-0.15, -0.1) is 10.9 Å². The Morgan fingerprint density at radius 3 is 1.65 bits per heavy atom. The number of diazo groups is 1. The zero-order valence-corrected chi connectivity index (χ0v) is 17.4. The van der Waals surface area contributed by atoms with Gasteiger partial charge in [0.25, 0.3) is 0 Å². The molecule has 0 amide bonds. The quantitative estimate of drug-likeness (QED) is 0.300. The summed E-state index contributed by atoms with van der Waals surface area (Å²) in [4.78, 5) is 5.62. The standard InChI is InChI=1S/C26H18N4S/c27-29-25(19-7-3-1-4-8-19)21-11-15-23(16-12-21)31-24-17-13-22(14-18-24)26(30-28)20-9-5-2-6-10-20/h1-18H. The van der Waals surface area contributed by atoms with Gasteiger partial charge in [0.15, 0.2) is 4.98 Å². The maximum atomic E-state index is 9.47. The highest BCUT2D eigenvalue weighted by molar-refractivity contribution is 7.99. The molecule has 0 radical (unpaired) electrons. The van der Waals surface area contributed by atoms with Crippen LogP contribution in [0.4, 0.5) is 0 Å². The highest BCUT2D eigenvalue weighted by Crippen LogP contribution is 2.25. The van der Waals surface area contributed by atoms with E-state index in [9.17, 15) is 10.9 Å². The molecule has 4 rings (SSSR count). The molecule has 2 aliphatic rings. The molecule has 4 nitrogen and oxygen atoms in total. The summed E-state index contributed by atoms with van der Waals surface area (Å²) in [5, 5.41) is 12.9. The third-order valence-electron chi connectivity index (χ3n) is 4.79. The minimum Gasteiger partial charge on any atom is -0.706 e. The topological polar surface area (TPSA) is 62.8 Å². The lowest BCUT2D eigenvalue weighted by Crippen LogP contribution is -1.96. The first-order chi connectivity index (χ1) is 15.3. The molecule has 5 heteroatoms. The smallest absolute Gasteiger partial charge is 0.399 e. The molecule has 2 aliphatic carbocycles. The fourth-order valence-corrected chi connectivity index (χ4v) is 4.07. The largest absolute Gasteiger partial charge is 0.706 e. The second kappa shape index (κ2) is 9.57. The van der Waals surface area contributed by atoms with E-state index >= 15 is 0 Å². The predicted octanol–water partition coefficient (Wildman–Crippen LogP) is 7.01. The second-order valence-electron chi connectivity index (χ2n) is 6.78. The van der Waals surface area contributed by atoms with Crippen molar-refractivity contribution in [1.82, 2.24) is 0 Å². The molecule has 0 spiro atoms. The first-order valence-electron chi connectivity index (χ1n) is 9.72. The number of allylic oxidation sites excluding steroid dienone is 10. The van der Waals surface area contributed by atoms with Crippen LogP contribution in [0.25, 0.3) is 21.9 Å². The Hall–Kier alpha value is -4.14. The molecule has 0 fully saturated rings. The lowest BCUT2D eigenvalue weighted by Gasteiger charge is -2.11. The van der Waals surface area contributed by atoms with E-state index in [2.05, 4.69) is 10.1 Å². The highest BCUT2D eigenvalue weighted by atomic mass is 32.1. The predicted molar refractivity (Wildman–Crippen MR) is 132 cm³/mol. The lowest BCUT2D eigenvalue weighted by atomic mass is 10.0. The molecule has 0 aromatic heterocycles. The Kier molecular flexibility index (Phi) is 6.22. The fourth-order valence-electron chi connectivity index (χ4n) is 3.25. The highest BCUT2D eigenvalue weighted by Gasteiger charge is 2.19. The van der Waals surface area contributed by atoms with E-state index in [4.69, 9.17) is 0 Å². The van der Waals surface area contributed by atoms with Crippen LogP contribution in [0.5, 0.6) is 0 Å². The van der Waals surface area contributed by atoms with E-state index < -0.39 is 0 Å². The van der Waals surface area contributed by atoms with Crippen molar-refractivity contribution >= 4 is 32.1 Å². The van der Waals surface area contributed by atoms with Crippen LogP contribution in [-0.2, 0) is 0 Å². The Labute approximate surface area is 184 Å². The van der Waals surface area contributed by atoms with E-state index in [0.717, 1.165) is 32.0 Å². The SMILES string of the molecule is N#[N+]C(=C1C=CC(=S=C2C=CC(=C(N=[N-])c3ccccc3)C=C2)C=C1)c1ccccc1. The van der Waals surface area contributed by atoms with Crippen LogP contribution in [-0.4, -0.2) is 9.73 Å². The molecule has 0 N–H and O–H groups in total. The molecule has 0 heterocycles. The van der Waals surface area contributed by atoms with E-state index in [0.29, 0.717) is 11.4 Å². The Morgan fingerprint density at radius 1 is 0.677 bits per heavy atom. The number of benzene rings is 2. The Balaban J connectivity index is 1.61. The van der Waals surface area contributed by atoms with Gasteiger partial charge < -0.3 is 10.6 Å².